The summed E-state index contributed by atoms with van der Waals surface area (Å²) in [5, 5.41) is 9.16. The van der Waals surface area contributed by atoms with Crippen molar-refractivity contribution >= 4 is 27.0 Å². The van der Waals surface area contributed by atoms with E-state index in [1.165, 1.54) is 31.3 Å². The monoisotopic (exact) mass is 336 g/mol. The Morgan fingerprint density at radius 1 is 1.43 bits per heavy atom. The summed E-state index contributed by atoms with van der Waals surface area (Å²) in [7, 11) is -4.25. The lowest BCUT2D eigenvalue weighted by atomic mass is 10.0. The zero-order valence-corrected chi connectivity index (χ0v) is 12.9. The molecule has 0 bridgehead atoms. The molecule has 0 aromatic carbocycles. The predicted octanol–water partition coefficient (Wildman–Crippen LogP) is 2.33. The molecule has 1 aliphatic rings. The molecule has 23 heavy (non-hydrogen) atoms. The number of carboxylic acids is 1. The number of fused-ring (bicyclic) bond motifs is 1. The second-order valence-corrected chi connectivity index (χ2v) is 7.67. The first-order chi connectivity index (χ1) is 10.8. The molecule has 1 unspecified atom stereocenters. The number of aromatic carboxylic acids is 1. The maximum Gasteiger partial charge on any atom is 0.341 e. The minimum atomic E-state index is -4.25. The number of rotatable bonds is 3. The molecular weight excluding hydrogens is 323 g/mol. The summed E-state index contributed by atoms with van der Waals surface area (Å²) in [5.41, 5.74) is -0.929. The highest BCUT2D eigenvalue weighted by Crippen LogP contribution is 2.33. The van der Waals surface area contributed by atoms with E-state index in [1.807, 2.05) is 0 Å². The molecule has 2 aromatic heterocycles. The van der Waals surface area contributed by atoms with E-state index in [-0.39, 0.29) is 17.5 Å². The van der Waals surface area contributed by atoms with Crippen molar-refractivity contribution in [2.75, 3.05) is 0 Å². The van der Waals surface area contributed by atoms with Crippen LogP contribution in [-0.2, 0) is 10.0 Å². The summed E-state index contributed by atoms with van der Waals surface area (Å²) in [6, 6.07) is 2.76. The molecular formula is C15H13FN2O4S. The average Bonchev–Trinajstić information content (AvgIpc) is 2.80. The highest BCUT2D eigenvalue weighted by Gasteiger charge is 2.42. The van der Waals surface area contributed by atoms with Crippen molar-refractivity contribution in [3.8, 4) is 0 Å². The Labute approximate surface area is 131 Å². The Bertz CT molecular complexity index is 975. The summed E-state index contributed by atoms with van der Waals surface area (Å²) < 4.78 is 39.7. The van der Waals surface area contributed by atoms with Crippen molar-refractivity contribution in [3.05, 3.63) is 54.1 Å². The van der Waals surface area contributed by atoms with Crippen LogP contribution in [0.2, 0.25) is 0 Å². The molecule has 0 saturated carbocycles. The largest absolute Gasteiger partial charge is 0.478 e. The maximum atomic E-state index is 14.7. The van der Waals surface area contributed by atoms with Crippen molar-refractivity contribution in [2.24, 2.45) is 0 Å². The van der Waals surface area contributed by atoms with Gasteiger partial charge in [-0.2, -0.15) is 8.36 Å². The van der Waals surface area contributed by atoms with E-state index in [4.69, 9.17) is 0 Å². The minimum absolute atomic E-state index is 0.0555. The third-order valence-corrected chi connectivity index (χ3v) is 6.19. The zero-order valence-electron chi connectivity index (χ0n) is 12.1. The van der Waals surface area contributed by atoms with Crippen molar-refractivity contribution in [2.45, 2.75) is 18.1 Å². The fourth-order valence-corrected chi connectivity index (χ4v) is 4.24. The topological polar surface area (TPSA) is 89.3 Å². The van der Waals surface area contributed by atoms with Crippen LogP contribution in [0.1, 0.15) is 23.7 Å². The van der Waals surface area contributed by atoms with Crippen LogP contribution in [0.3, 0.4) is 0 Å². The van der Waals surface area contributed by atoms with E-state index in [0.717, 1.165) is 0 Å². The van der Waals surface area contributed by atoms with Gasteiger partial charge in [0, 0.05) is 11.6 Å². The van der Waals surface area contributed by atoms with Gasteiger partial charge in [-0.3, -0.25) is 0 Å². The molecule has 1 atom stereocenters. The molecule has 0 spiro atoms. The fraction of sp³-hybridized carbons (Fsp3) is 0.200. The molecule has 1 N–H and O–H groups in total. The highest BCUT2D eigenvalue weighted by atomic mass is 32.2. The van der Waals surface area contributed by atoms with Gasteiger partial charge in [0.2, 0.25) is 5.95 Å². The summed E-state index contributed by atoms with van der Waals surface area (Å²) in [5.74, 6) is -2.88. The van der Waals surface area contributed by atoms with E-state index in [0.29, 0.717) is 3.97 Å². The number of allylic oxidation sites excluding steroid dienone is 3. The van der Waals surface area contributed by atoms with Gasteiger partial charge in [0.05, 0.1) is 0 Å². The molecule has 0 amide bonds. The number of nitrogens with zero attached hydrogens (tertiary/aromatic N) is 2. The van der Waals surface area contributed by atoms with Gasteiger partial charge >= 0.3 is 5.97 Å². The Morgan fingerprint density at radius 3 is 2.78 bits per heavy atom. The SMILES string of the molecule is CC1(S(=O)(=O)n2c(F)c(C(=O)O)c3cccnc32)C=CC=CC1. The first kappa shape index (κ1) is 15.4. The van der Waals surface area contributed by atoms with Gasteiger partial charge in [0.25, 0.3) is 10.0 Å². The van der Waals surface area contributed by atoms with Gasteiger partial charge in [-0.25, -0.2) is 18.2 Å². The Morgan fingerprint density at radius 2 is 2.17 bits per heavy atom. The number of carboxylic acid groups (broad SMARTS) is 1. The lowest BCUT2D eigenvalue weighted by molar-refractivity contribution is 0.0694. The maximum absolute atomic E-state index is 14.7. The first-order valence-electron chi connectivity index (χ1n) is 6.77. The molecule has 3 rings (SSSR count). The standard InChI is InChI=1S/C15H13FN2O4S/c1-15(7-3-2-4-8-15)23(21,22)18-12(16)11(14(19)20)10-6-5-9-17-13(10)18/h2-7,9H,8H2,1H3,(H,19,20). The van der Waals surface area contributed by atoms with E-state index >= 15 is 0 Å². The van der Waals surface area contributed by atoms with Gasteiger partial charge in [0.15, 0.2) is 5.65 Å². The molecule has 0 radical (unpaired) electrons. The number of carbonyl (C=O) groups is 1. The number of hydrogen-bond donors (Lipinski definition) is 1. The molecule has 2 heterocycles. The number of aromatic nitrogens is 2. The van der Waals surface area contributed by atoms with Gasteiger partial charge in [-0.1, -0.05) is 24.3 Å². The van der Waals surface area contributed by atoms with E-state index in [1.54, 1.807) is 18.2 Å². The van der Waals surface area contributed by atoms with E-state index in [9.17, 15) is 22.7 Å². The van der Waals surface area contributed by atoms with Crippen LogP contribution in [0.25, 0.3) is 11.0 Å². The van der Waals surface area contributed by atoms with Gasteiger partial charge in [-0.15, -0.1) is 0 Å². The van der Waals surface area contributed by atoms with Gasteiger partial charge in [0.1, 0.15) is 10.3 Å². The Balaban J connectivity index is 2.37. The molecule has 0 fully saturated rings. The molecule has 1 aliphatic carbocycles. The summed E-state index contributed by atoms with van der Waals surface area (Å²) in [6.45, 7) is 1.46. The van der Waals surface area contributed by atoms with Crippen molar-refractivity contribution in [1.82, 2.24) is 8.96 Å². The van der Waals surface area contributed by atoms with E-state index < -0.39 is 32.3 Å². The van der Waals surface area contributed by atoms with Crippen LogP contribution in [0, 0.1) is 5.95 Å². The van der Waals surface area contributed by atoms with Crippen LogP contribution < -0.4 is 0 Å². The number of halogens is 1. The molecule has 0 saturated heterocycles. The minimum Gasteiger partial charge on any atom is -0.478 e. The van der Waals surface area contributed by atoms with Gasteiger partial charge in [-0.05, 0) is 25.5 Å². The summed E-state index contributed by atoms with van der Waals surface area (Å²) in [6.07, 6.45) is 7.82. The summed E-state index contributed by atoms with van der Waals surface area (Å²) in [4.78, 5) is 15.2. The van der Waals surface area contributed by atoms with Crippen molar-refractivity contribution in [3.63, 3.8) is 0 Å². The Kier molecular flexibility index (Phi) is 3.36. The van der Waals surface area contributed by atoms with E-state index in [2.05, 4.69) is 4.98 Å². The van der Waals surface area contributed by atoms with Crippen LogP contribution in [0.15, 0.2) is 42.6 Å². The first-order valence-corrected chi connectivity index (χ1v) is 8.21. The fourth-order valence-electron chi connectivity index (χ4n) is 2.59. The van der Waals surface area contributed by atoms with Crippen LogP contribution in [-0.4, -0.2) is 33.2 Å². The number of pyridine rings is 1. The molecule has 8 heteroatoms. The van der Waals surface area contributed by atoms with Crippen molar-refractivity contribution in [1.29, 1.82) is 0 Å². The lowest BCUT2D eigenvalue weighted by Gasteiger charge is -2.27. The van der Waals surface area contributed by atoms with Crippen molar-refractivity contribution < 1.29 is 22.7 Å². The summed E-state index contributed by atoms with van der Waals surface area (Å²) >= 11 is 0. The average molecular weight is 336 g/mol. The van der Waals surface area contributed by atoms with Crippen LogP contribution in [0.5, 0.6) is 0 Å². The zero-order chi connectivity index (χ0) is 16.8. The molecule has 120 valence electrons. The third-order valence-electron chi connectivity index (χ3n) is 3.90. The second-order valence-electron chi connectivity index (χ2n) is 5.42. The molecule has 6 nitrogen and oxygen atoms in total. The Hall–Kier alpha value is -2.48. The predicted molar refractivity (Wildman–Crippen MR) is 82.3 cm³/mol. The van der Waals surface area contributed by atoms with Crippen LogP contribution >= 0.6 is 0 Å². The number of hydrogen-bond acceptors (Lipinski definition) is 4. The van der Waals surface area contributed by atoms with Crippen LogP contribution in [0.4, 0.5) is 4.39 Å². The smallest absolute Gasteiger partial charge is 0.341 e. The second kappa shape index (κ2) is 5.02. The lowest BCUT2D eigenvalue weighted by Crippen LogP contribution is -2.39. The third kappa shape index (κ3) is 2.09. The van der Waals surface area contributed by atoms with Gasteiger partial charge < -0.3 is 5.11 Å². The molecule has 0 aliphatic heterocycles. The normalized spacial score (nSPS) is 21.0. The molecule has 2 aromatic rings. The quantitative estimate of drug-likeness (QED) is 0.929. The highest BCUT2D eigenvalue weighted by molar-refractivity contribution is 7.91.